The van der Waals surface area contributed by atoms with Crippen molar-refractivity contribution in [2.75, 3.05) is 19.6 Å². The zero-order valence-corrected chi connectivity index (χ0v) is 22.9. The summed E-state index contributed by atoms with van der Waals surface area (Å²) in [6, 6.07) is 8.73. The fourth-order valence-corrected chi connectivity index (χ4v) is 5.46. The Balaban J connectivity index is 0.00000190. The van der Waals surface area contributed by atoms with E-state index in [1.54, 1.807) is 0 Å². The maximum Gasteiger partial charge on any atom is 0.345 e. The Morgan fingerprint density at radius 2 is 1.95 bits per heavy atom. The van der Waals surface area contributed by atoms with Gasteiger partial charge in [-0.05, 0) is 68.3 Å². The van der Waals surface area contributed by atoms with E-state index in [0.717, 1.165) is 48.6 Å². The number of aromatic carboxylic acids is 1. The minimum absolute atomic E-state index is 0. The SMILES string of the molecule is CCc1c(-c2ccc3c(c2)cc(CN(CC2CC2)C2CCCNC2)n3C)[nH]c(=O)c(C(=O)O)c1O.Cl.Cl. The highest BCUT2D eigenvalue weighted by Gasteiger charge is 2.29. The molecule has 0 spiro atoms. The lowest BCUT2D eigenvalue weighted by atomic mass is 9.99. The van der Waals surface area contributed by atoms with Crippen molar-refractivity contribution in [2.45, 2.75) is 51.6 Å². The Bertz CT molecular complexity index is 1330. The molecule has 0 amide bonds. The van der Waals surface area contributed by atoms with Gasteiger partial charge in [-0.3, -0.25) is 9.69 Å². The number of nitrogens with one attached hydrogen (secondary N) is 2. The molecule has 4 N–H and O–H groups in total. The van der Waals surface area contributed by atoms with Crippen LogP contribution >= 0.6 is 24.8 Å². The van der Waals surface area contributed by atoms with E-state index in [1.165, 1.54) is 31.4 Å². The molecule has 0 bridgehead atoms. The van der Waals surface area contributed by atoms with Gasteiger partial charge in [0.05, 0.1) is 5.69 Å². The standard InChI is InChI=1S/C27H34N4O4.2ClH/c1-3-21-24(29-26(33)23(25(21)32)27(34)35)17-8-9-22-18(11-17)12-20(30(22)2)15-31(14-16-6-7-16)19-5-4-10-28-13-19;;/h8-9,11-12,16,19,28H,3-7,10,13-15H2,1-2H3,(H,34,35)(H2,29,32,33);2*1H. The highest BCUT2D eigenvalue weighted by atomic mass is 35.5. The second-order valence-corrected chi connectivity index (χ2v) is 10.0. The third-order valence-electron chi connectivity index (χ3n) is 7.63. The number of hydrogen-bond donors (Lipinski definition) is 4. The number of H-pyrrole nitrogens is 1. The highest BCUT2D eigenvalue weighted by Crippen LogP contribution is 2.34. The number of carboxylic acid groups (broad SMARTS) is 1. The first kappa shape index (κ1) is 29.0. The number of aromatic amines is 1. The van der Waals surface area contributed by atoms with Crippen LogP contribution in [-0.2, 0) is 20.0 Å². The van der Waals surface area contributed by atoms with Gasteiger partial charge >= 0.3 is 5.97 Å². The van der Waals surface area contributed by atoms with Gasteiger partial charge < -0.3 is 25.1 Å². The summed E-state index contributed by atoms with van der Waals surface area (Å²) in [5, 5.41) is 24.5. The minimum Gasteiger partial charge on any atom is -0.506 e. The number of nitrogens with zero attached hydrogens (tertiary/aromatic N) is 2. The summed E-state index contributed by atoms with van der Waals surface area (Å²) in [6.07, 6.45) is 5.51. The van der Waals surface area contributed by atoms with E-state index in [9.17, 15) is 19.8 Å². The number of fused-ring (bicyclic) bond motifs is 1. The molecule has 1 saturated heterocycles. The quantitative estimate of drug-likeness (QED) is 0.332. The van der Waals surface area contributed by atoms with Gasteiger partial charge in [-0.15, -0.1) is 24.8 Å². The predicted octanol–water partition coefficient (Wildman–Crippen LogP) is 4.31. The number of hydrogen-bond acceptors (Lipinski definition) is 5. The van der Waals surface area contributed by atoms with Gasteiger partial charge in [-0.2, -0.15) is 0 Å². The van der Waals surface area contributed by atoms with E-state index in [-0.39, 0.29) is 24.8 Å². The van der Waals surface area contributed by atoms with Crippen LogP contribution < -0.4 is 10.9 Å². The number of halogens is 2. The fraction of sp³-hybridized carbons (Fsp3) is 0.481. The second kappa shape index (κ2) is 11.9. The van der Waals surface area contributed by atoms with Crippen molar-refractivity contribution < 1.29 is 15.0 Å². The molecule has 3 heterocycles. The molecule has 1 aliphatic carbocycles. The second-order valence-electron chi connectivity index (χ2n) is 10.0. The number of carboxylic acids is 1. The predicted molar refractivity (Wildman–Crippen MR) is 150 cm³/mol. The Morgan fingerprint density at radius 1 is 1.19 bits per heavy atom. The Kier molecular flexibility index (Phi) is 9.34. The number of aryl methyl sites for hydroxylation is 1. The smallest absolute Gasteiger partial charge is 0.345 e. The van der Waals surface area contributed by atoms with Crippen LogP contribution in [0.25, 0.3) is 22.2 Å². The van der Waals surface area contributed by atoms with E-state index < -0.39 is 22.8 Å². The molecule has 37 heavy (non-hydrogen) atoms. The maximum atomic E-state index is 12.4. The number of aromatic nitrogens is 2. The monoisotopic (exact) mass is 550 g/mol. The van der Waals surface area contributed by atoms with Crippen molar-refractivity contribution in [1.82, 2.24) is 19.8 Å². The lowest BCUT2D eigenvalue weighted by Crippen LogP contribution is -2.46. The number of piperidine rings is 1. The van der Waals surface area contributed by atoms with Crippen LogP contribution in [0.1, 0.15) is 54.2 Å². The molecular formula is C27H36Cl2N4O4. The first-order chi connectivity index (χ1) is 16.9. The van der Waals surface area contributed by atoms with Gasteiger partial charge in [0, 0.05) is 54.9 Å². The van der Waals surface area contributed by atoms with E-state index in [1.807, 2.05) is 25.1 Å². The molecule has 3 aromatic rings. The summed E-state index contributed by atoms with van der Waals surface area (Å²) in [5.41, 5.74) is 2.59. The molecule has 1 atom stereocenters. The lowest BCUT2D eigenvalue weighted by Gasteiger charge is -2.35. The van der Waals surface area contributed by atoms with Crippen LogP contribution in [0.3, 0.4) is 0 Å². The third kappa shape index (κ3) is 5.82. The van der Waals surface area contributed by atoms with Gasteiger partial charge in [-0.1, -0.05) is 13.0 Å². The molecule has 1 aliphatic heterocycles. The number of pyridine rings is 1. The van der Waals surface area contributed by atoms with Crippen LogP contribution in [0.2, 0.25) is 0 Å². The maximum absolute atomic E-state index is 12.4. The largest absolute Gasteiger partial charge is 0.506 e. The van der Waals surface area contributed by atoms with Crippen molar-refractivity contribution in [2.24, 2.45) is 13.0 Å². The molecular weight excluding hydrogens is 515 g/mol. The zero-order valence-electron chi connectivity index (χ0n) is 21.2. The summed E-state index contributed by atoms with van der Waals surface area (Å²) in [6.45, 7) is 6.03. The van der Waals surface area contributed by atoms with E-state index in [4.69, 9.17) is 0 Å². The highest BCUT2D eigenvalue weighted by molar-refractivity contribution is 5.92. The van der Waals surface area contributed by atoms with E-state index >= 15 is 0 Å². The molecule has 5 rings (SSSR count). The first-order valence-corrected chi connectivity index (χ1v) is 12.6. The van der Waals surface area contributed by atoms with Gasteiger partial charge in [0.15, 0.2) is 5.56 Å². The molecule has 1 aromatic carbocycles. The van der Waals surface area contributed by atoms with Crippen molar-refractivity contribution in [1.29, 1.82) is 0 Å². The number of benzene rings is 1. The van der Waals surface area contributed by atoms with Gasteiger partial charge in [0.25, 0.3) is 5.56 Å². The molecule has 202 valence electrons. The van der Waals surface area contributed by atoms with Crippen molar-refractivity contribution in [3.05, 3.63) is 51.4 Å². The van der Waals surface area contributed by atoms with Crippen molar-refractivity contribution in [3.63, 3.8) is 0 Å². The van der Waals surface area contributed by atoms with Crippen LogP contribution in [0.15, 0.2) is 29.1 Å². The topological polar surface area (TPSA) is 111 Å². The minimum atomic E-state index is -1.43. The first-order valence-electron chi connectivity index (χ1n) is 12.6. The third-order valence-corrected chi connectivity index (χ3v) is 7.63. The Labute approximate surface area is 228 Å². The zero-order chi connectivity index (χ0) is 24.7. The Hall–Kier alpha value is -2.52. The Morgan fingerprint density at radius 3 is 2.57 bits per heavy atom. The van der Waals surface area contributed by atoms with Gasteiger partial charge in [0.1, 0.15) is 5.75 Å². The lowest BCUT2D eigenvalue weighted by molar-refractivity contribution is 0.0691. The molecule has 10 heteroatoms. The molecule has 2 aliphatic rings. The van der Waals surface area contributed by atoms with Crippen LogP contribution in [0.4, 0.5) is 0 Å². The summed E-state index contributed by atoms with van der Waals surface area (Å²) < 4.78 is 2.24. The van der Waals surface area contributed by atoms with Gasteiger partial charge in [0.2, 0.25) is 0 Å². The molecule has 2 aromatic heterocycles. The summed E-state index contributed by atoms with van der Waals surface area (Å²) in [5.74, 6) is -1.06. The molecule has 2 fully saturated rings. The number of carbonyl (C=O) groups is 1. The molecule has 0 radical (unpaired) electrons. The van der Waals surface area contributed by atoms with Crippen LogP contribution in [0.5, 0.6) is 5.75 Å². The normalized spacial score (nSPS) is 17.4. The van der Waals surface area contributed by atoms with Crippen LogP contribution in [0, 0.1) is 5.92 Å². The average molecular weight is 552 g/mol. The van der Waals surface area contributed by atoms with Crippen LogP contribution in [-0.4, -0.2) is 56.3 Å². The number of rotatable bonds is 8. The van der Waals surface area contributed by atoms with Crippen molar-refractivity contribution in [3.8, 4) is 17.0 Å². The summed E-state index contributed by atoms with van der Waals surface area (Å²) >= 11 is 0. The van der Waals surface area contributed by atoms with Crippen molar-refractivity contribution >= 4 is 41.7 Å². The summed E-state index contributed by atoms with van der Waals surface area (Å²) in [7, 11) is 2.10. The average Bonchev–Trinajstić information content (AvgIpc) is 3.61. The molecule has 1 unspecified atom stereocenters. The molecule has 1 saturated carbocycles. The fourth-order valence-electron chi connectivity index (χ4n) is 5.46. The molecule has 8 nitrogen and oxygen atoms in total. The van der Waals surface area contributed by atoms with Gasteiger partial charge in [-0.25, -0.2) is 4.79 Å². The number of aromatic hydroxyl groups is 1. The van der Waals surface area contributed by atoms with E-state index in [0.29, 0.717) is 23.7 Å². The van der Waals surface area contributed by atoms with E-state index in [2.05, 4.69) is 32.9 Å². The summed E-state index contributed by atoms with van der Waals surface area (Å²) in [4.78, 5) is 29.2.